The van der Waals surface area contributed by atoms with Crippen molar-refractivity contribution in [3.63, 3.8) is 0 Å². The van der Waals surface area contributed by atoms with Crippen molar-refractivity contribution in [1.82, 2.24) is 4.90 Å². The molecule has 1 saturated heterocycles. The molecular weight excluding hydrogens is 218 g/mol. The van der Waals surface area contributed by atoms with Gasteiger partial charge in [0.15, 0.2) is 0 Å². The fourth-order valence-electron chi connectivity index (χ4n) is 1.93. The summed E-state index contributed by atoms with van der Waals surface area (Å²) in [6, 6.07) is 9.57. The second kappa shape index (κ2) is 5.68. The lowest BCUT2D eigenvalue weighted by atomic mass is 10.1. The molecule has 1 amide bonds. The Morgan fingerprint density at radius 2 is 2.18 bits per heavy atom. The molecular formula is C13H17NO3. The van der Waals surface area contributed by atoms with Crippen LogP contribution in [0.25, 0.3) is 0 Å². The van der Waals surface area contributed by atoms with Crippen molar-refractivity contribution in [3.8, 4) is 0 Å². The molecule has 0 unspecified atom stereocenters. The number of carbonyl (C=O) groups is 1. The van der Waals surface area contributed by atoms with Crippen LogP contribution in [0.1, 0.15) is 18.4 Å². The van der Waals surface area contributed by atoms with E-state index in [1.165, 1.54) is 0 Å². The number of hydrogen-bond donors (Lipinski definition) is 1. The maximum atomic E-state index is 11.7. The molecule has 2 rings (SSSR count). The first-order valence-corrected chi connectivity index (χ1v) is 5.89. The van der Waals surface area contributed by atoms with Gasteiger partial charge in [0.1, 0.15) is 6.61 Å². The number of carbonyl (C=O) groups excluding carboxylic acids is 1. The van der Waals surface area contributed by atoms with Crippen LogP contribution in [-0.4, -0.2) is 35.3 Å². The van der Waals surface area contributed by atoms with Crippen molar-refractivity contribution in [2.75, 3.05) is 13.1 Å². The summed E-state index contributed by atoms with van der Waals surface area (Å²) in [5.41, 5.74) is 0.971. The Morgan fingerprint density at radius 3 is 2.88 bits per heavy atom. The molecule has 0 aromatic heterocycles. The van der Waals surface area contributed by atoms with E-state index in [9.17, 15) is 9.90 Å². The fourth-order valence-corrected chi connectivity index (χ4v) is 1.93. The number of rotatable bonds is 2. The molecule has 1 N–H and O–H groups in total. The van der Waals surface area contributed by atoms with Crippen LogP contribution in [0.15, 0.2) is 30.3 Å². The van der Waals surface area contributed by atoms with E-state index in [4.69, 9.17) is 4.74 Å². The quantitative estimate of drug-likeness (QED) is 0.850. The summed E-state index contributed by atoms with van der Waals surface area (Å²) in [5.74, 6) is 0. The van der Waals surface area contributed by atoms with Crippen LogP contribution < -0.4 is 0 Å². The molecule has 92 valence electrons. The predicted molar refractivity (Wildman–Crippen MR) is 63.4 cm³/mol. The molecule has 4 heteroatoms. The number of amides is 1. The highest BCUT2D eigenvalue weighted by Gasteiger charge is 2.22. The molecule has 1 atom stereocenters. The normalized spacial score (nSPS) is 20.1. The van der Waals surface area contributed by atoms with Crippen molar-refractivity contribution in [1.29, 1.82) is 0 Å². The molecule has 0 radical (unpaired) electrons. The van der Waals surface area contributed by atoms with E-state index < -0.39 is 6.10 Å². The summed E-state index contributed by atoms with van der Waals surface area (Å²) in [4.78, 5) is 13.3. The van der Waals surface area contributed by atoms with E-state index in [0.29, 0.717) is 13.1 Å². The van der Waals surface area contributed by atoms with Gasteiger partial charge in [-0.25, -0.2) is 4.79 Å². The van der Waals surface area contributed by atoms with E-state index in [1.807, 2.05) is 30.3 Å². The van der Waals surface area contributed by atoms with Gasteiger partial charge in [-0.05, 0) is 18.4 Å². The fraction of sp³-hybridized carbons (Fsp3) is 0.462. The molecule has 0 aliphatic carbocycles. The first-order valence-electron chi connectivity index (χ1n) is 5.89. The summed E-state index contributed by atoms with van der Waals surface area (Å²) in [6.07, 6.45) is 0.852. The average molecular weight is 235 g/mol. The monoisotopic (exact) mass is 235 g/mol. The Bertz CT molecular complexity index is 366. The molecule has 0 spiro atoms. The third kappa shape index (κ3) is 3.46. The van der Waals surface area contributed by atoms with E-state index in [0.717, 1.165) is 18.4 Å². The molecule has 1 fully saturated rings. The van der Waals surface area contributed by atoms with Crippen molar-refractivity contribution in [2.24, 2.45) is 0 Å². The number of aliphatic hydroxyl groups excluding tert-OH is 1. The Hall–Kier alpha value is -1.55. The van der Waals surface area contributed by atoms with Crippen LogP contribution in [0.5, 0.6) is 0 Å². The molecule has 1 aliphatic heterocycles. The Kier molecular flexibility index (Phi) is 3.98. The maximum absolute atomic E-state index is 11.7. The summed E-state index contributed by atoms with van der Waals surface area (Å²) >= 11 is 0. The molecule has 0 bridgehead atoms. The van der Waals surface area contributed by atoms with Gasteiger partial charge in [0, 0.05) is 13.1 Å². The second-order valence-corrected chi connectivity index (χ2v) is 4.28. The van der Waals surface area contributed by atoms with E-state index >= 15 is 0 Å². The molecule has 1 heterocycles. The van der Waals surface area contributed by atoms with Gasteiger partial charge in [0.2, 0.25) is 0 Å². The first kappa shape index (κ1) is 11.9. The molecule has 1 aromatic rings. The topological polar surface area (TPSA) is 49.8 Å². The lowest BCUT2D eigenvalue weighted by Gasteiger charge is -2.29. The number of ether oxygens (including phenoxy) is 1. The van der Waals surface area contributed by atoms with E-state index in [2.05, 4.69) is 0 Å². The zero-order valence-electron chi connectivity index (χ0n) is 9.71. The van der Waals surface area contributed by atoms with Gasteiger partial charge in [-0.1, -0.05) is 30.3 Å². The second-order valence-electron chi connectivity index (χ2n) is 4.28. The van der Waals surface area contributed by atoms with Gasteiger partial charge in [-0.15, -0.1) is 0 Å². The van der Waals surface area contributed by atoms with Crippen LogP contribution in [-0.2, 0) is 11.3 Å². The van der Waals surface area contributed by atoms with Crippen LogP contribution in [0, 0.1) is 0 Å². The number of nitrogens with zero attached hydrogens (tertiary/aromatic N) is 1. The van der Waals surface area contributed by atoms with E-state index in [-0.39, 0.29) is 12.7 Å². The number of piperidine rings is 1. The predicted octanol–water partition coefficient (Wildman–Crippen LogP) is 1.78. The minimum absolute atomic E-state index is 0.284. The lowest BCUT2D eigenvalue weighted by Crippen LogP contribution is -2.42. The highest BCUT2D eigenvalue weighted by Crippen LogP contribution is 2.11. The minimum atomic E-state index is -0.409. The van der Waals surface area contributed by atoms with Crippen LogP contribution in [0.3, 0.4) is 0 Å². The van der Waals surface area contributed by atoms with Crippen LogP contribution in [0.2, 0.25) is 0 Å². The standard InChI is InChI=1S/C13H17NO3/c15-12-7-4-8-14(9-12)13(16)17-10-11-5-2-1-3-6-11/h1-3,5-6,12,15H,4,7-10H2/t12-/m0/s1. The number of benzene rings is 1. The zero-order valence-corrected chi connectivity index (χ0v) is 9.71. The molecule has 17 heavy (non-hydrogen) atoms. The number of hydrogen-bond acceptors (Lipinski definition) is 3. The number of aliphatic hydroxyl groups is 1. The Morgan fingerprint density at radius 1 is 1.41 bits per heavy atom. The molecule has 0 saturated carbocycles. The number of likely N-dealkylation sites (tertiary alicyclic amines) is 1. The Balaban J connectivity index is 1.81. The first-order chi connectivity index (χ1) is 8.25. The number of β-amino-alcohol motifs (C(OH)–C–C–N with tert-alkyl or cyclic N) is 1. The molecule has 1 aromatic carbocycles. The molecule has 1 aliphatic rings. The van der Waals surface area contributed by atoms with Gasteiger partial charge in [0.05, 0.1) is 6.10 Å². The SMILES string of the molecule is O=C(OCc1ccccc1)N1CCC[C@H](O)C1. The van der Waals surface area contributed by atoms with Crippen LogP contribution in [0.4, 0.5) is 4.79 Å². The zero-order chi connectivity index (χ0) is 12.1. The van der Waals surface area contributed by atoms with Crippen molar-refractivity contribution in [2.45, 2.75) is 25.6 Å². The van der Waals surface area contributed by atoms with Crippen molar-refractivity contribution >= 4 is 6.09 Å². The summed E-state index contributed by atoms with van der Waals surface area (Å²) in [6.45, 7) is 1.34. The Labute approximate surface area is 101 Å². The minimum Gasteiger partial charge on any atom is -0.445 e. The van der Waals surface area contributed by atoms with Crippen molar-refractivity contribution < 1.29 is 14.6 Å². The maximum Gasteiger partial charge on any atom is 0.410 e. The largest absolute Gasteiger partial charge is 0.445 e. The van der Waals surface area contributed by atoms with Gasteiger partial charge in [-0.3, -0.25) is 0 Å². The highest BCUT2D eigenvalue weighted by molar-refractivity contribution is 5.67. The van der Waals surface area contributed by atoms with Gasteiger partial charge < -0.3 is 14.7 Å². The van der Waals surface area contributed by atoms with E-state index in [1.54, 1.807) is 4.90 Å². The lowest BCUT2D eigenvalue weighted by molar-refractivity contribution is 0.0461. The van der Waals surface area contributed by atoms with Gasteiger partial charge >= 0.3 is 6.09 Å². The summed E-state index contributed by atoms with van der Waals surface area (Å²) < 4.78 is 5.19. The average Bonchev–Trinajstić information content (AvgIpc) is 2.37. The summed E-state index contributed by atoms with van der Waals surface area (Å²) in [5, 5.41) is 9.46. The molecule has 4 nitrogen and oxygen atoms in total. The smallest absolute Gasteiger partial charge is 0.410 e. The van der Waals surface area contributed by atoms with Gasteiger partial charge in [0.25, 0.3) is 0 Å². The summed E-state index contributed by atoms with van der Waals surface area (Å²) in [7, 11) is 0. The van der Waals surface area contributed by atoms with Gasteiger partial charge in [-0.2, -0.15) is 0 Å². The highest BCUT2D eigenvalue weighted by atomic mass is 16.6. The third-order valence-electron chi connectivity index (χ3n) is 2.86. The van der Waals surface area contributed by atoms with Crippen LogP contribution >= 0.6 is 0 Å². The third-order valence-corrected chi connectivity index (χ3v) is 2.86. The van der Waals surface area contributed by atoms with Crippen molar-refractivity contribution in [3.05, 3.63) is 35.9 Å².